The number of fused-ring (bicyclic) bond motifs is 4. The monoisotopic (exact) mass is 447 g/mol. The van der Waals surface area contributed by atoms with Gasteiger partial charge in [-0.25, -0.2) is 0 Å². The maximum Gasteiger partial charge on any atom is 0.250 e. The first-order valence-electron chi connectivity index (χ1n) is 9.59. The molecule has 0 unspecified atom stereocenters. The van der Waals surface area contributed by atoms with Crippen LogP contribution >= 0.6 is 35.6 Å². The largest absolute Gasteiger partial charge is 0.356 e. The summed E-state index contributed by atoms with van der Waals surface area (Å²) in [5.41, 5.74) is 2.76. The lowest BCUT2D eigenvalue weighted by Gasteiger charge is -2.43. The van der Waals surface area contributed by atoms with E-state index in [1.165, 1.54) is 11.8 Å². The topological polar surface area (TPSA) is 54.3 Å². The van der Waals surface area contributed by atoms with Crippen molar-refractivity contribution in [3.8, 4) is 0 Å². The minimum Gasteiger partial charge on any atom is -0.356 e. The molecule has 3 heterocycles. The molecule has 1 fully saturated rings. The fourth-order valence-electron chi connectivity index (χ4n) is 4.19. The van der Waals surface area contributed by atoms with Gasteiger partial charge in [0.25, 0.3) is 5.56 Å². The highest BCUT2D eigenvalue weighted by Gasteiger charge is 2.35. The van der Waals surface area contributed by atoms with E-state index in [1.54, 1.807) is 12.1 Å². The molecule has 4 rings (SSSR count). The number of halogens is 1. The molecule has 2 aliphatic rings. The van der Waals surface area contributed by atoms with E-state index in [2.05, 4.69) is 10.2 Å². The number of nitrogens with one attached hydrogen (secondary N) is 1. The van der Waals surface area contributed by atoms with Crippen LogP contribution in [0.25, 0.3) is 0 Å². The van der Waals surface area contributed by atoms with E-state index >= 15 is 0 Å². The summed E-state index contributed by atoms with van der Waals surface area (Å²) in [6.45, 7) is 4.24. The molecule has 1 aromatic carbocycles. The van der Waals surface area contributed by atoms with Crippen LogP contribution in [0.3, 0.4) is 0 Å². The van der Waals surface area contributed by atoms with Crippen LogP contribution < -0.4 is 10.9 Å². The predicted octanol–water partition coefficient (Wildman–Crippen LogP) is 3.89. The van der Waals surface area contributed by atoms with Gasteiger partial charge >= 0.3 is 0 Å². The summed E-state index contributed by atoms with van der Waals surface area (Å²) in [5.74, 6) is 0.865. The van der Waals surface area contributed by atoms with Gasteiger partial charge in [-0.2, -0.15) is 0 Å². The van der Waals surface area contributed by atoms with Gasteiger partial charge in [0, 0.05) is 48.0 Å². The van der Waals surface area contributed by atoms with Crippen LogP contribution in [0.4, 0.5) is 5.69 Å². The molecule has 2 aromatic rings. The van der Waals surface area contributed by atoms with Crippen molar-refractivity contribution < 1.29 is 4.79 Å². The Morgan fingerprint density at radius 3 is 2.86 bits per heavy atom. The molecule has 5 nitrogen and oxygen atoms in total. The van der Waals surface area contributed by atoms with Gasteiger partial charge < -0.3 is 14.8 Å². The molecule has 0 saturated carbocycles. The molecule has 1 saturated heterocycles. The van der Waals surface area contributed by atoms with Crippen molar-refractivity contribution in [2.24, 2.45) is 5.92 Å². The van der Waals surface area contributed by atoms with E-state index in [-0.39, 0.29) is 17.2 Å². The summed E-state index contributed by atoms with van der Waals surface area (Å²) in [5, 5.41) is 3.54. The molecule has 1 aromatic heterocycles. The highest BCUT2D eigenvalue weighted by molar-refractivity contribution is 8.23. The van der Waals surface area contributed by atoms with Gasteiger partial charge in [0.2, 0.25) is 5.91 Å². The quantitative estimate of drug-likeness (QED) is 0.723. The lowest BCUT2D eigenvalue weighted by Crippen LogP contribution is -2.48. The zero-order chi connectivity index (χ0) is 20.5. The summed E-state index contributed by atoms with van der Waals surface area (Å²) in [4.78, 5) is 26.7. The number of aromatic nitrogens is 1. The number of rotatable bonds is 3. The second-order valence-corrected chi connectivity index (χ2v) is 9.63. The average Bonchev–Trinajstić information content (AvgIpc) is 2.70. The maximum atomic E-state index is 12.4. The van der Waals surface area contributed by atoms with Gasteiger partial charge in [-0.3, -0.25) is 9.59 Å². The third-order valence-corrected chi connectivity index (χ3v) is 7.54. The van der Waals surface area contributed by atoms with Crippen LogP contribution in [0.15, 0.2) is 41.2 Å². The van der Waals surface area contributed by atoms with Crippen LogP contribution in [-0.2, 0) is 11.3 Å². The SMILES string of the molecule is Cc1c(Cl)cccc1NC(=O)CSC(=S)N1C[C@H]2C[C@@H](C1)c1cccc(=O)n1C2. The minimum absolute atomic E-state index is 0.0792. The highest BCUT2D eigenvalue weighted by atomic mass is 35.5. The number of thiocarbonyl (C=S) groups is 1. The summed E-state index contributed by atoms with van der Waals surface area (Å²) in [6.07, 6.45) is 1.09. The van der Waals surface area contributed by atoms with Crippen LogP contribution in [0.5, 0.6) is 0 Å². The van der Waals surface area contributed by atoms with Crippen molar-refractivity contribution in [3.05, 3.63) is 63.0 Å². The first-order chi connectivity index (χ1) is 13.9. The number of carbonyl (C=O) groups excluding carboxylic acids is 1. The molecular formula is C21H22ClN3O2S2. The van der Waals surface area contributed by atoms with E-state index in [0.29, 0.717) is 16.9 Å². The van der Waals surface area contributed by atoms with Gasteiger partial charge in [0.05, 0.1) is 5.75 Å². The second-order valence-electron chi connectivity index (χ2n) is 7.62. The Morgan fingerprint density at radius 1 is 1.24 bits per heavy atom. The maximum absolute atomic E-state index is 12.4. The Balaban J connectivity index is 1.36. The van der Waals surface area contributed by atoms with Gasteiger partial charge in [-0.05, 0) is 43.0 Å². The predicted molar refractivity (Wildman–Crippen MR) is 123 cm³/mol. The van der Waals surface area contributed by atoms with E-state index in [9.17, 15) is 9.59 Å². The fourth-order valence-corrected chi connectivity index (χ4v) is 5.35. The first kappa shape index (κ1) is 20.4. The highest BCUT2D eigenvalue weighted by Crippen LogP contribution is 2.36. The minimum atomic E-state index is -0.100. The number of likely N-dealkylation sites (tertiary alicyclic amines) is 1. The number of piperidine rings is 1. The molecular weight excluding hydrogens is 426 g/mol. The number of nitrogens with zero attached hydrogens (tertiary/aromatic N) is 2. The first-order valence-corrected chi connectivity index (χ1v) is 11.4. The van der Waals surface area contributed by atoms with Crippen molar-refractivity contribution in [1.29, 1.82) is 0 Å². The van der Waals surface area contributed by atoms with Crippen LogP contribution in [0.1, 0.15) is 23.6 Å². The molecule has 152 valence electrons. The molecule has 2 atom stereocenters. The number of amides is 1. The third-order valence-electron chi connectivity index (χ3n) is 5.61. The molecule has 1 amide bonds. The van der Waals surface area contributed by atoms with Crippen LogP contribution in [0.2, 0.25) is 5.02 Å². The molecule has 8 heteroatoms. The third kappa shape index (κ3) is 4.37. The smallest absolute Gasteiger partial charge is 0.250 e. The second kappa shape index (κ2) is 8.50. The molecule has 1 N–H and O–H groups in total. The van der Waals surface area contributed by atoms with Crippen molar-refractivity contribution in [1.82, 2.24) is 9.47 Å². The number of pyridine rings is 1. The zero-order valence-electron chi connectivity index (χ0n) is 16.1. The summed E-state index contributed by atoms with van der Waals surface area (Å²) in [7, 11) is 0. The van der Waals surface area contributed by atoms with Crippen molar-refractivity contribution >= 4 is 51.5 Å². The molecule has 29 heavy (non-hydrogen) atoms. The number of carbonyl (C=O) groups is 1. The number of hydrogen-bond donors (Lipinski definition) is 1. The van der Waals surface area contributed by atoms with E-state index < -0.39 is 0 Å². The molecule has 0 radical (unpaired) electrons. The fraction of sp³-hybridized carbons (Fsp3) is 0.381. The zero-order valence-corrected chi connectivity index (χ0v) is 18.4. The Bertz CT molecular complexity index is 1020. The van der Waals surface area contributed by atoms with Crippen LogP contribution in [0, 0.1) is 12.8 Å². The van der Waals surface area contributed by atoms with Crippen molar-refractivity contribution in [2.75, 3.05) is 24.2 Å². The van der Waals surface area contributed by atoms with Gasteiger partial charge in [-0.1, -0.05) is 47.7 Å². The van der Waals surface area contributed by atoms with Gasteiger partial charge in [0.1, 0.15) is 4.32 Å². The number of benzene rings is 1. The van der Waals surface area contributed by atoms with Crippen molar-refractivity contribution in [3.63, 3.8) is 0 Å². The Labute approximate surface area is 184 Å². The number of anilines is 1. The molecule has 0 aliphatic carbocycles. The average molecular weight is 448 g/mol. The summed E-state index contributed by atoms with van der Waals surface area (Å²) in [6, 6.07) is 11.0. The Hall–Kier alpha value is -1.83. The lowest BCUT2D eigenvalue weighted by molar-refractivity contribution is -0.113. The summed E-state index contributed by atoms with van der Waals surface area (Å²) < 4.78 is 2.65. The molecule has 2 bridgehead atoms. The molecule has 2 aliphatic heterocycles. The van der Waals surface area contributed by atoms with Crippen LogP contribution in [-0.4, -0.2) is 38.5 Å². The number of thioether (sulfide) groups is 1. The lowest BCUT2D eigenvalue weighted by atomic mass is 9.83. The standard InChI is InChI=1S/C21H22ClN3O2S2/c1-13-16(22)4-2-5-17(13)23-19(26)12-29-21(28)24-9-14-8-15(11-24)18-6-3-7-20(27)25(18)10-14/h2-7,14-15H,8-12H2,1H3,(H,23,26)/t14-,15+/m1/s1. The van der Waals surface area contributed by atoms with E-state index in [1.807, 2.05) is 35.8 Å². The Kier molecular flexibility index (Phi) is 5.99. The van der Waals surface area contributed by atoms with Crippen molar-refractivity contribution in [2.45, 2.75) is 25.8 Å². The van der Waals surface area contributed by atoms with E-state index in [0.717, 1.165) is 47.3 Å². The number of hydrogen-bond acceptors (Lipinski definition) is 4. The molecule has 0 spiro atoms. The Morgan fingerprint density at radius 2 is 2.03 bits per heavy atom. The normalized spacial score (nSPS) is 20.1. The van der Waals surface area contributed by atoms with E-state index in [4.69, 9.17) is 23.8 Å². The van der Waals surface area contributed by atoms with Gasteiger partial charge in [-0.15, -0.1) is 0 Å². The summed E-state index contributed by atoms with van der Waals surface area (Å²) >= 11 is 13.1. The van der Waals surface area contributed by atoms with Gasteiger partial charge in [0.15, 0.2) is 0 Å².